The van der Waals surface area contributed by atoms with E-state index in [-0.39, 0.29) is 16.7 Å². The number of halogens is 1. The molecule has 1 aliphatic rings. The Kier molecular flexibility index (Phi) is 6.88. The molecule has 1 saturated heterocycles. The standard InChI is InChI=1S/C16H24FN3O4S/c1-12(21)19-16-11-14(3-4-15(16)17)25(22,23)20-8-5-13(6-9-20)24-10-2-7-18/h3-4,11,13H,2,5-10,18H2,1H3,(H,19,21). The second-order valence-electron chi connectivity index (χ2n) is 5.94. The lowest BCUT2D eigenvalue weighted by atomic mass is 10.1. The number of rotatable bonds is 7. The minimum absolute atomic E-state index is 0.0289. The summed E-state index contributed by atoms with van der Waals surface area (Å²) in [5.74, 6) is -1.15. The Labute approximate surface area is 147 Å². The molecule has 0 aromatic heterocycles. The lowest BCUT2D eigenvalue weighted by Gasteiger charge is -2.31. The van der Waals surface area contributed by atoms with Crippen LogP contribution in [0.1, 0.15) is 26.2 Å². The minimum Gasteiger partial charge on any atom is -0.378 e. The fourth-order valence-electron chi connectivity index (χ4n) is 2.67. The van der Waals surface area contributed by atoms with Crippen LogP contribution in [-0.4, -0.2) is 51.0 Å². The largest absolute Gasteiger partial charge is 0.378 e. The number of hydrogen-bond acceptors (Lipinski definition) is 5. The van der Waals surface area contributed by atoms with E-state index in [9.17, 15) is 17.6 Å². The van der Waals surface area contributed by atoms with Crippen molar-refractivity contribution in [2.24, 2.45) is 5.73 Å². The maximum atomic E-state index is 13.7. The molecule has 9 heteroatoms. The Morgan fingerprint density at radius 3 is 2.68 bits per heavy atom. The van der Waals surface area contributed by atoms with Gasteiger partial charge in [0.1, 0.15) is 5.82 Å². The number of hydrogen-bond donors (Lipinski definition) is 2. The van der Waals surface area contributed by atoms with Crippen LogP contribution >= 0.6 is 0 Å². The Morgan fingerprint density at radius 2 is 2.08 bits per heavy atom. The van der Waals surface area contributed by atoms with Gasteiger partial charge < -0.3 is 15.8 Å². The quantitative estimate of drug-likeness (QED) is 0.702. The highest BCUT2D eigenvalue weighted by Gasteiger charge is 2.30. The molecule has 0 aliphatic carbocycles. The number of carbonyl (C=O) groups is 1. The molecule has 25 heavy (non-hydrogen) atoms. The molecule has 0 radical (unpaired) electrons. The first-order chi connectivity index (χ1) is 11.8. The highest BCUT2D eigenvalue weighted by molar-refractivity contribution is 7.89. The molecule has 1 heterocycles. The zero-order chi connectivity index (χ0) is 18.4. The van der Waals surface area contributed by atoms with Gasteiger partial charge in [-0.25, -0.2) is 12.8 Å². The topological polar surface area (TPSA) is 102 Å². The van der Waals surface area contributed by atoms with E-state index in [1.54, 1.807) is 0 Å². The third-order valence-electron chi connectivity index (χ3n) is 3.99. The summed E-state index contributed by atoms with van der Waals surface area (Å²) in [5.41, 5.74) is 5.28. The van der Waals surface area contributed by atoms with Crippen molar-refractivity contribution in [1.29, 1.82) is 0 Å². The van der Waals surface area contributed by atoms with E-state index >= 15 is 0 Å². The third-order valence-corrected chi connectivity index (χ3v) is 5.88. The van der Waals surface area contributed by atoms with Crippen LogP contribution in [0.2, 0.25) is 0 Å². The Hall–Kier alpha value is -1.55. The summed E-state index contributed by atoms with van der Waals surface area (Å²) in [5, 5.41) is 2.30. The third kappa shape index (κ3) is 5.21. The summed E-state index contributed by atoms with van der Waals surface area (Å²) in [7, 11) is -3.75. The van der Waals surface area contributed by atoms with Gasteiger partial charge in [-0.1, -0.05) is 0 Å². The van der Waals surface area contributed by atoms with Gasteiger partial charge in [-0.15, -0.1) is 0 Å². The van der Waals surface area contributed by atoms with Crippen LogP contribution in [0.3, 0.4) is 0 Å². The number of amides is 1. The first-order valence-corrected chi connectivity index (χ1v) is 9.67. The van der Waals surface area contributed by atoms with Gasteiger partial charge in [0.2, 0.25) is 15.9 Å². The number of sulfonamides is 1. The number of ether oxygens (including phenoxy) is 1. The van der Waals surface area contributed by atoms with Crippen LogP contribution in [0.25, 0.3) is 0 Å². The number of nitrogens with zero attached hydrogens (tertiary/aromatic N) is 1. The molecule has 2 rings (SSSR count). The molecule has 0 spiro atoms. The molecule has 1 aromatic rings. The number of benzene rings is 1. The van der Waals surface area contributed by atoms with E-state index in [0.717, 1.165) is 18.6 Å². The van der Waals surface area contributed by atoms with E-state index in [0.29, 0.717) is 39.1 Å². The number of anilines is 1. The molecule has 1 aromatic carbocycles. The number of piperidine rings is 1. The molecule has 0 bridgehead atoms. The summed E-state index contributed by atoms with van der Waals surface area (Å²) < 4.78 is 46.2. The van der Waals surface area contributed by atoms with Crippen LogP contribution in [0.15, 0.2) is 23.1 Å². The van der Waals surface area contributed by atoms with Gasteiger partial charge in [-0.3, -0.25) is 4.79 Å². The van der Waals surface area contributed by atoms with Gasteiger partial charge in [0.05, 0.1) is 16.7 Å². The maximum absolute atomic E-state index is 13.7. The molecule has 0 saturated carbocycles. The van der Waals surface area contributed by atoms with E-state index in [4.69, 9.17) is 10.5 Å². The van der Waals surface area contributed by atoms with Crippen molar-refractivity contribution < 1.29 is 22.3 Å². The van der Waals surface area contributed by atoms with Crippen LogP contribution in [0, 0.1) is 5.82 Å². The molecule has 1 fully saturated rings. The van der Waals surface area contributed by atoms with E-state index < -0.39 is 21.7 Å². The molecule has 0 atom stereocenters. The monoisotopic (exact) mass is 373 g/mol. The van der Waals surface area contributed by atoms with Gasteiger partial charge >= 0.3 is 0 Å². The minimum atomic E-state index is -3.75. The van der Waals surface area contributed by atoms with Crippen molar-refractivity contribution >= 4 is 21.6 Å². The van der Waals surface area contributed by atoms with Gasteiger partial charge in [-0.05, 0) is 44.0 Å². The Morgan fingerprint density at radius 1 is 1.40 bits per heavy atom. The second kappa shape index (κ2) is 8.70. The molecule has 0 unspecified atom stereocenters. The van der Waals surface area contributed by atoms with Crippen molar-refractivity contribution in [3.63, 3.8) is 0 Å². The van der Waals surface area contributed by atoms with Crippen LogP contribution in [0.4, 0.5) is 10.1 Å². The summed E-state index contributed by atoms with van der Waals surface area (Å²) in [6.45, 7) is 3.04. The average molecular weight is 373 g/mol. The van der Waals surface area contributed by atoms with Crippen molar-refractivity contribution in [2.75, 3.05) is 31.6 Å². The van der Waals surface area contributed by atoms with Crippen molar-refractivity contribution in [3.05, 3.63) is 24.0 Å². The fraction of sp³-hybridized carbons (Fsp3) is 0.562. The lowest BCUT2D eigenvalue weighted by Crippen LogP contribution is -2.41. The predicted molar refractivity (Wildman–Crippen MR) is 92.1 cm³/mol. The van der Waals surface area contributed by atoms with Crippen LogP contribution in [-0.2, 0) is 19.6 Å². The molecular weight excluding hydrogens is 349 g/mol. The molecule has 1 amide bonds. The number of nitrogens with two attached hydrogens (primary N) is 1. The highest BCUT2D eigenvalue weighted by atomic mass is 32.2. The Bertz CT molecular complexity index is 703. The predicted octanol–water partition coefficient (Wildman–Crippen LogP) is 1.30. The summed E-state index contributed by atoms with van der Waals surface area (Å²) in [6.07, 6.45) is 2.01. The number of nitrogens with one attached hydrogen (secondary N) is 1. The normalized spacial score (nSPS) is 16.8. The summed E-state index contributed by atoms with van der Waals surface area (Å²) in [4.78, 5) is 11.1. The maximum Gasteiger partial charge on any atom is 0.243 e. The second-order valence-corrected chi connectivity index (χ2v) is 7.88. The first kappa shape index (κ1) is 19.8. The summed E-state index contributed by atoms with van der Waals surface area (Å²) >= 11 is 0. The van der Waals surface area contributed by atoms with Gasteiger partial charge in [0.15, 0.2) is 0 Å². The van der Waals surface area contributed by atoms with Crippen LogP contribution in [0.5, 0.6) is 0 Å². The zero-order valence-corrected chi connectivity index (χ0v) is 15.0. The smallest absolute Gasteiger partial charge is 0.243 e. The van der Waals surface area contributed by atoms with Crippen LogP contribution < -0.4 is 11.1 Å². The van der Waals surface area contributed by atoms with Gasteiger partial charge in [0, 0.05) is 26.6 Å². The van der Waals surface area contributed by atoms with E-state index in [1.807, 2.05) is 0 Å². The van der Waals surface area contributed by atoms with Gasteiger partial charge in [-0.2, -0.15) is 4.31 Å². The molecule has 7 nitrogen and oxygen atoms in total. The zero-order valence-electron chi connectivity index (χ0n) is 14.2. The lowest BCUT2D eigenvalue weighted by molar-refractivity contribution is -0.114. The van der Waals surface area contributed by atoms with Crippen molar-refractivity contribution in [3.8, 4) is 0 Å². The molecular formula is C16H24FN3O4S. The Balaban J connectivity index is 2.06. The fourth-order valence-corrected chi connectivity index (χ4v) is 4.17. The molecule has 1 aliphatic heterocycles. The number of carbonyl (C=O) groups excluding carboxylic acids is 1. The summed E-state index contributed by atoms with van der Waals surface area (Å²) in [6, 6.07) is 3.40. The average Bonchev–Trinajstić information content (AvgIpc) is 2.57. The van der Waals surface area contributed by atoms with Gasteiger partial charge in [0.25, 0.3) is 0 Å². The van der Waals surface area contributed by atoms with E-state index in [2.05, 4.69) is 5.32 Å². The highest BCUT2D eigenvalue weighted by Crippen LogP contribution is 2.25. The SMILES string of the molecule is CC(=O)Nc1cc(S(=O)(=O)N2CCC(OCCCN)CC2)ccc1F. The van der Waals surface area contributed by atoms with E-state index in [1.165, 1.54) is 17.3 Å². The molecule has 3 N–H and O–H groups in total. The first-order valence-electron chi connectivity index (χ1n) is 8.23. The molecule has 140 valence electrons. The van der Waals surface area contributed by atoms with Crippen molar-refractivity contribution in [1.82, 2.24) is 4.31 Å². The van der Waals surface area contributed by atoms with Crippen molar-refractivity contribution in [2.45, 2.75) is 37.2 Å².